The number of carboxylic acid groups (broad SMARTS) is 1. The fourth-order valence-electron chi connectivity index (χ4n) is 10.1. The van der Waals surface area contributed by atoms with Crippen molar-refractivity contribution < 1.29 is 24.2 Å². The first kappa shape index (κ1) is 75.0. The summed E-state index contributed by atoms with van der Waals surface area (Å²) >= 11 is 18.3. The van der Waals surface area contributed by atoms with Crippen molar-refractivity contribution in [1.82, 2.24) is 44.9 Å². The van der Waals surface area contributed by atoms with Crippen LogP contribution in [0.1, 0.15) is 197 Å². The van der Waals surface area contributed by atoms with Crippen molar-refractivity contribution >= 4 is 92.0 Å². The summed E-state index contributed by atoms with van der Waals surface area (Å²) in [6.07, 6.45) is 25.5. The van der Waals surface area contributed by atoms with Gasteiger partial charge in [-0.1, -0.05) is 108 Å². The lowest BCUT2D eigenvalue weighted by molar-refractivity contribution is -0.137. The van der Waals surface area contributed by atoms with Crippen molar-refractivity contribution in [2.75, 3.05) is 36.6 Å². The molecule has 0 aromatic carbocycles. The van der Waals surface area contributed by atoms with E-state index in [4.69, 9.17) is 50.5 Å². The zero-order valence-electron chi connectivity index (χ0n) is 53.5. The average molecular weight is 1290 g/mol. The van der Waals surface area contributed by atoms with Gasteiger partial charge in [0.25, 0.3) is 0 Å². The molecule has 0 bridgehead atoms. The zero-order valence-corrected chi connectivity index (χ0v) is 55.8. The minimum atomic E-state index is -0.920. The Labute approximate surface area is 548 Å². The van der Waals surface area contributed by atoms with Crippen LogP contribution < -0.4 is 16.4 Å². The Bertz CT molecular complexity index is 3570. The molecule has 0 aliphatic carbocycles. The number of nitrogens with zero attached hydrogens (tertiary/aromatic N) is 9. The van der Waals surface area contributed by atoms with Gasteiger partial charge in [0.1, 0.15) is 39.8 Å². The Balaban J connectivity index is 0.000000250. The third kappa shape index (κ3) is 23.1. The number of hydrogen-bond donors (Lipinski definition) is 4. The molecule has 10 heterocycles. The fourth-order valence-corrected chi connectivity index (χ4v) is 10.8. The average Bonchev–Trinajstić information content (AvgIpc) is 1.15. The minimum Gasteiger partial charge on any atom is -0.481 e. The number of anilines is 3. The first-order valence-electron chi connectivity index (χ1n) is 31.2. The third-order valence-corrected chi connectivity index (χ3v) is 16.4. The summed E-state index contributed by atoms with van der Waals surface area (Å²) < 4.78 is 4.46. The highest BCUT2D eigenvalue weighted by atomic mass is 35.5. The van der Waals surface area contributed by atoms with Crippen LogP contribution in [-0.4, -0.2) is 87.9 Å². The number of rotatable bonds is 19. The second-order valence-corrected chi connectivity index (χ2v) is 22.9. The van der Waals surface area contributed by atoms with Gasteiger partial charge in [-0.2, -0.15) is 0 Å². The van der Waals surface area contributed by atoms with E-state index in [1.165, 1.54) is 92.6 Å². The highest BCUT2D eigenvalue weighted by molar-refractivity contribution is 6.39. The Hall–Kier alpha value is -7.47. The molecule has 2 aliphatic rings. The molecule has 484 valence electrons. The van der Waals surface area contributed by atoms with Gasteiger partial charge in [-0.25, -0.2) is 49.7 Å². The number of aryl methyl sites for hydroxylation is 8. The molecule has 0 amide bonds. The maximum atomic E-state index is 12.5. The number of carboxylic acids is 1. The van der Waals surface area contributed by atoms with Gasteiger partial charge in [0.05, 0.1) is 23.6 Å². The number of unbranched alkanes of at least 4 members (excludes halogenated alkanes) is 5. The number of aromatic nitrogens is 9. The molecule has 0 saturated carbocycles. The number of nitrogens with two attached hydrogens (primary N) is 1. The number of Topliss-reactive ketones (excluding diaryl/α,β-unsaturated/α-hetero) is 1. The highest BCUT2D eigenvalue weighted by Gasteiger charge is 2.21. The monoisotopic (exact) mass is 1290 g/mol. The van der Waals surface area contributed by atoms with E-state index < -0.39 is 11.9 Å². The van der Waals surface area contributed by atoms with Gasteiger partial charge in [0.2, 0.25) is 0 Å². The summed E-state index contributed by atoms with van der Waals surface area (Å²) in [7, 11) is 1.30. The number of carbonyl (C=O) groups excluding carboxylic acids is 2. The number of halogens is 3. The second-order valence-electron chi connectivity index (χ2n) is 21.8. The molecule has 20 heteroatoms. The van der Waals surface area contributed by atoms with E-state index in [0.717, 1.165) is 114 Å². The lowest BCUT2D eigenvalue weighted by Crippen LogP contribution is -2.15. The Morgan fingerprint density at radius 1 is 0.633 bits per heavy atom. The van der Waals surface area contributed by atoms with Crippen LogP contribution in [0.25, 0.3) is 22.1 Å². The van der Waals surface area contributed by atoms with Gasteiger partial charge in [0, 0.05) is 96.3 Å². The molecule has 10 rings (SSSR count). The van der Waals surface area contributed by atoms with E-state index in [9.17, 15) is 19.5 Å². The number of ketones is 1. The Kier molecular flexibility index (Phi) is 33.0. The second kappa shape index (κ2) is 39.6. The van der Waals surface area contributed by atoms with Crippen LogP contribution >= 0.6 is 34.8 Å². The lowest BCUT2D eigenvalue weighted by Gasteiger charge is -2.19. The molecule has 0 fully saturated rings. The number of methoxy groups -OCH3 is 1. The van der Waals surface area contributed by atoms with Crippen LogP contribution in [0.2, 0.25) is 15.2 Å². The normalized spacial score (nSPS) is 12.0. The van der Waals surface area contributed by atoms with Crippen LogP contribution in [0, 0.1) is 34.6 Å². The number of pyridine rings is 7. The number of esters is 1. The number of fused-ring (bicyclic) bond motifs is 4. The molecule has 2 aliphatic heterocycles. The minimum absolute atomic E-state index is 0. The number of carbonyl (C=O) groups is 3. The lowest BCUT2D eigenvalue weighted by atomic mass is 9.91. The summed E-state index contributed by atoms with van der Waals surface area (Å²) in [4.78, 5) is 73.2. The number of ether oxygens (including phenoxy) is 1. The summed E-state index contributed by atoms with van der Waals surface area (Å²) in [5.74, 6) is 1.29. The van der Waals surface area contributed by atoms with Crippen molar-refractivity contribution in [2.45, 2.75) is 191 Å². The SMILES string of the molecule is C.CC.CCCCCc1nc2c(cc1C)CCCN2.CCCCCc1nc2ncccc2c(Cl)c1C.COC(=O)c1cccnc1N.Cc1c(Cl)nc2ncccc2c1Cl.Cc1ncc(C(CC(=O)O)CC(=O)CCCCc2nc3c(cc2C)CCCN3)cn1. The molecule has 17 nitrogen and oxygen atoms in total. The Morgan fingerprint density at radius 3 is 1.63 bits per heavy atom. The predicted octanol–water partition coefficient (Wildman–Crippen LogP) is 16.9. The Morgan fingerprint density at radius 2 is 1.12 bits per heavy atom. The summed E-state index contributed by atoms with van der Waals surface area (Å²) in [5.41, 5.74) is 18.4. The standard InChI is InChI=1S/C23H30N4O3.C14H17ClN2.C14H22N2.C9H6Cl2N2.C7H8N2O2.C2H6.CH4/c1-15-10-17-6-5-9-24-23(17)27-21(15)8-4-3-7-20(28)11-18(12-22(29)30)19-13-25-16(2)26-14-19;1-3-4-5-8-12-10(2)13(15)11-7-6-9-16-14(11)17-12;1-3-4-5-8-13-11(2)10-12-7-6-9-15-14(12)16-13;1-5-7(10)6-3-2-4-12-9(6)13-8(5)11;1-11-7(10)5-3-2-4-9-6(5)8;1-2;/h10,13-14,18H,3-9,11-12H2,1-2H3,(H,24,27)(H,29,30);6-7,9H,3-5,8H2,1-2H3;10H,3-9H2,1-2H3,(H,15,16);2-4H,1H3;2-4H,1H3,(H2,8,9);1-2H3;1H4. The van der Waals surface area contributed by atoms with E-state index in [1.807, 2.05) is 52.0 Å². The molecule has 1 atom stereocenters. The van der Waals surface area contributed by atoms with Crippen LogP contribution in [0.4, 0.5) is 17.5 Å². The van der Waals surface area contributed by atoms with E-state index >= 15 is 0 Å². The molecule has 5 N–H and O–H groups in total. The van der Waals surface area contributed by atoms with Gasteiger partial charge >= 0.3 is 11.9 Å². The molecule has 0 saturated heterocycles. The maximum Gasteiger partial charge on any atom is 0.341 e. The number of hydrogen-bond acceptors (Lipinski definition) is 16. The molecule has 0 radical (unpaired) electrons. The number of nitrogen functional groups attached to an aromatic ring is 1. The maximum absolute atomic E-state index is 12.5. The van der Waals surface area contributed by atoms with Crippen LogP contribution in [0.5, 0.6) is 0 Å². The smallest absolute Gasteiger partial charge is 0.341 e. The van der Waals surface area contributed by atoms with Crippen molar-refractivity contribution in [2.24, 2.45) is 0 Å². The number of aliphatic carboxylic acids is 1. The van der Waals surface area contributed by atoms with Crippen molar-refractivity contribution in [1.29, 1.82) is 0 Å². The van der Waals surface area contributed by atoms with Crippen LogP contribution in [0.15, 0.2) is 79.5 Å². The summed E-state index contributed by atoms with van der Waals surface area (Å²) in [5, 5.41) is 19.6. The van der Waals surface area contributed by atoms with Crippen molar-refractivity contribution in [3.63, 3.8) is 0 Å². The summed E-state index contributed by atoms with van der Waals surface area (Å²) in [6, 6.07) is 15.3. The largest absolute Gasteiger partial charge is 0.481 e. The van der Waals surface area contributed by atoms with Gasteiger partial charge in [-0.3, -0.25) is 9.59 Å². The first-order valence-corrected chi connectivity index (χ1v) is 32.3. The molecular weight excluding hydrogens is 1200 g/mol. The molecule has 0 spiro atoms. The highest BCUT2D eigenvalue weighted by Crippen LogP contribution is 2.31. The summed E-state index contributed by atoms with van der Waals surface area (Å²) in [6.45, 7) is 20.5. The quantitative estimate of drug-likeness (QED) is 0.0334. The fraction of sp³-hybridized carbons (Fsp3) is 0.457. The topological polar surface area (TPSA) is 247 Å². The molecule has 90 heavy (non-hydrogen) atoms. The molecular formula is C70H93Cl3N12O5. The van der Waals surface area contributed by atoms with Gasteiger partial charge in [-0.05, 0) is 175 Å². The predicted molar refractivity (Wildman–Crippen MR) is 369 cm³/mol. The molecule has 1 unspecified atom stereocenters. The zero-order chi connectivity index (χ0) is 64.8. The van der Waals surface area contributed by atoms with Gasteiger partial charge in [-0.15, -0.1) is 0 Å². The number of nitrogens with one attached hydrogen (secondary N) is 2. The van der Waals surface area contributed by atoms with Crippen molar-refractivity contribution in [3.05, 3.63) is 162 Å². The van der Waals surface area contributed by atoms with E-state index in [-0.39, 0.29) is 37.8 Å². The van der Waals surface area contributed by atoms with E-state index in [0.29, 0.717) is 39.2 Å². The third-order valence-electron chi connectivity index (χ3n) is 15.1. The van der Waals surface area contributed by atoms with Crippen LogP contribution in [-0.2, 0) is 46.4 Å². The van der Waals surface area contributed by atoms with Gasteiger partial charge in [0.15, 0.2) is 11.3 Å². The first-order chi connectivity index (χ1) is 42.9. The van der Waals surface area contributed by atoms with Crippen LogP contribution in [0.3, 0.4) is 0 Å². The van der Waals surface area contributed by atoms with Crippen molar-refractivity contribution in [3.8, 4) is 0 Å². The molecule has 8 aromatic heterocycles. The van der Waals surface area contributed by atoms with E-state index in [1.54, 1.807) is 43.8 Å². The van der Waals surface area contributed by atoms with Gasteiger partial charge < -0.3 is 26.2 Å². The van der Waals surface area contributed by atoms with E-state index in [2.05, 4.69) is 90.1 Å². The molecule has 8 aromatic rings.